The Kier molecular flexibility index (Phi) is 4.51. The Morgan fingerprint density at radius 2 is 1.83 bits per heavy atom. The lowest BCUT2D eigenvalue weighted by Crippen LogP contribution is -2.41. The van der Waals surface area contributed by atoms with Crippen LogP contribution in [0, 0.1) is 0 Å². The molecule has 2 aromatic carbocycles. The molecule has 1 aromatic heterocycles. The van der Waals surface area contributed by atoms with E-state index in [-0.39, 0.29) is 12.5 Å². The minimum Gasteiger partial charge on any atom is -0.445 e. The van der Waals surface area contributed by atoms with Gasteiger partial charge in [-0.15, -0.1) is 5.10 Å². The number of hydrogen-bond acceptors (Lipinski definition) is 5. The van der Waals surface area contributed by atoms with Gasteiger partial charge in [0.1, 0.15) is 18.2 Å². The van der Waals surface area contributed by atoms with Crippen LogP contribution in [0.2, 0.25) is 0 Å². The smallest absolute Gasteiger partial charge is 0.408 e. The Balaban J connectivity index is 1.60. The van der Waals surface area contributed by atoms with Crippen LogP contribution in [-0.2, 0) is 11.3 Å². The highest BCUT2D eigenvalue weighted by atomic mass is 16.5. The van der Waals surface area contributed by atoms with Gasteiger partial charge >= 0.3 is 6.09 Å². The lowest BCUT2D eigenvalue weighted by Gasteiger charge is -2.13. The number of carbonyl (C=O) groups excluding carboxylic acids is 2. The summed E-state index contributed by atoms with van der Waals surface area (Å²) < 4.78 is 6.28. The van der Waals surface area contributed by atoms with E-state index in [9.17, 15) is 9.59 Å². The first-order valence-electron chi connectivity index (χ1n) is 7.47. The minimum absolute atomic E-state index is 0.139. The molecular weight excluding hydrogens is 308 g/mol. The van der Waals surface area contributed by atoms with Gasteiger partial charge in [0.25, 0.3) is 5.91 Å². The molecule has 24 heavy (non-hydrogen) atoms. The third-order valence-electron chi connectivity index (χ3n) is 3.48. The van der Waals surface area contributed by atoms with Crippen molar-refractivity contribution in [2.45, 2.75) is 19.6 Å². The topological polar surface area (TPSA) is 86.1 Å². The van der Waals surface area contributed by atoms with Crippen LogP contribution >= 0.6 is 0 Å². The Labute approximate surface area is 138 Å². The van der Waals surface area contributed by atoms with E-state index in [4.69, 9.17) is 4.74 Å². The van der Waals surface area contributed by atoms with E-state index >= 15 is 0 Å². The Morgan fingerprint density at radius 3 is 2.62 bits per heavy atom. The summed E-state index contributed by atoms with van der Waals surface area (Å²) in [7, 11) is 0. The summed E-state index contributed by atoms with van der Waals surface area (Å²) in [5.74, 6) is -0.389. The molecule has 1 heterocycles. The quantitative estimate of drug-likeness (QED) is 0.796. The van der Waals surface area contributed by atoms with E-state index in [2.05, 4.69) is 15.6 Å². The summed E-state index contributed by atoms with van der Waals surface area (Å²) in [4.78, 5) is 24.3. The number of nitrogens with zero attached hydrogens (tertiary/aromatic N) is 3. The second-order valence-corrected chi connectivity index (χ2v) is 5.26. The van der Waals surface area contributed by atoms with Crippen molar-refractivity contribution in [2.24, 2.45) is 0 Å². The van der Waals surface area contributed by atoms with Crippen LogP contribution in [0.25, 0.3) is 11.0 Å². The summed E-state index contributed by atoms with van der Waals surface area (Å²) >= 11 is 0. The van der Waals surface area contributed by atoms with Crippen LogP contribution in [0.5, 0.6) is 0 Å². The maximum atomic E-state index is 12.4. The van der Waals surface area contributed by atoms with Crippen LogP contribution in [0.4, 0.5) is 4.79 Å². The van der Waals surface area contributed by atoms with E-state index in [1.807, 2.05) is 36.4 Å². The van der Waals surface area contributed by atoms with Gasteiger partial charge in [0.05, 0.1) is 5.52 Å². The molecule has 0 saturated carbocycles. The van der Waals surface area contributed by atoms with E-state index in [1.54, 1.807) is 25.1 Å². The maximum absolute atomic E-state index is 12.4. The molecule has 7 nitrogen and oxygen atoms in total. The predicted octanol–water partition coefficient (Wildman–Crippen LogP) is 2.39. The number of nitrogens with one attached hydrogen (secondary N) is 1. The number of benzene rings is 2. The molecule has 0 saturated heterocycles. The molecule has 0 radical (unpaired) electrons. The van der Waals surface area contributed by atoms with Gasteiger partial charge in [0.2, 0.25) is 0 Å². The Bertz CT molecular complexity index is 860. The van der Waals surface area contributed by atoms with Crippen molar-refractivity contribution < 1.29 is 14.3 Å². The Hall–Kier alpha value is -3.22. The zero-order valence-electron chi connectivity index (χ0n) is 13.0. The molecule has 0 unspecified atom stereocenters. The average molecular weight is 324 g/mol. The molecular formula is C17H16N4O3. The molecule has 1 atom stereocenters. The van der Waals surface area contributed by atoms with Crippen molar-refractivity contribution in [2.75, 3.05) is 0 Å². The van der Waals surface area contributed by atoms with Crippen molar-refractivity contribution in [1.82, 2.24) is 20.3 Å². The number of ether oxygens (including phenoxy) is 1. The number of fused-ring (bicyclic) bond motifs is 1. The molecule has 1 N–H and O–H groups in total. The molecule has 122 valence electrons. The third kappa shape index (κ3) is 3.40. The molecule has 0 aliphatic heterocycles. The fraction of sp³-hybridized carbons (Fsp3) is 0.176. The molecule has 7 heteroatoms. The summed E-state index contributed by atoms with van der Waals surface area (Å²) in [6, 6.07) is 15.6. The summed E-state index contributed by atoms with van der Waals surface area (Å²) in [5, 5.41) is 10.3. The van der Waals surface area contributed by atoms with Gasteiger partial charge in [-0.3, -0.25) is 4.79 Å². The SMILES string of the molecule is C[C@@H](NC(=O)OCc1ccccc1)C(=O)n1nnc2ccccc21. The average Bonchev–Trinajstić information content (AvgIpc) is 3.04. The van der Waals surface area contributed by atoms with Gasteiger partial charge in [-0.25, -0.2) is 4.79 Å². The van der Waals surface area contributed by atoms with Crippen molar-refractivity contribution in [3.63, 3.8) is 0 Å². The molecule has 3 aromatic rings. The predicted molar refractivity (Wildman–Crippen MR) is 87.4 cm³/mol. The normalized spacial score (nSPS) is 11.9. The molecule has 0 spiro atoms. The standard InChI is InChI=1S/C17H16N4O3/c1-12(18-17(23)24-11-13-7-3-2-4-8-13)16(22)21-15-10-6-5-9-14(15)19-20-21/h2-10,12H,11H2,1H3,(H,18,23)/t12-/m1/s1. The fourth-order valence-corrected chi connectivity index (χ4v) is 2.22. The lowest BCUT2D eigenvalue weighted by atomic mass is 10.2. The third-order valence-corrected chi connectivity index (χ3v) is 3.48. The second-order valence-electron chi connectivity index (χ2n) is 5.26. The zero-order chi connectivity index (χ0) is 16.9. The molecule has 0 bridgehead atoms. The van der Waals surface area contributed by atoms with Crippen molar-refractivity contribution in [1.29, 1.82) is 0 Å². The number of alkyl carbamates (subject to hydrolysis) is 1. The van der Waals surface area contributed by atoms with E-state index in [0.717, 1.165) is 5.56 Å². The lowest BCUT2D eigenvalue weighted by molar-refractivity contribution is 0.0834. The number of carbonyl (C=O) groups is 2. The maximum Gasteiger partial charge on any atom is 0.408 e. The number of rotatable bonds is 4. The molecule has 0 aliphatic rings. The fourth-order valence-electron chi connectivity index (χ4n) is 2.22. The highest BCUT2D eigenvalue weighted by Gasteiger charge is 2.21. The van der Waals surface area contributed by atoms with Crippen LogP contribution in [0.1, 0.15) is 17.3 Å². The monoisotopic (exact) mass is 324 g/mol. The second kappa shape index (κ2) is 6.91. The number of hydrogen-bond donors (Lipinski definition) is 1. The van der Waals surface area contributed by atoms with Crippen LogP contribution in [-0.4, -0.2) is 33.0 Å². The van der Waals surface area contributed by atoms with Crippen molar-refractivity contribution in [3.05, 3.63) is 60.2 Å². The van der Waals surface area contributed by atoms with Crippen LogP contribution in [0.3, 0.4) is 0 Å². The molecule has 3 rings (SSSR count). The first-order chi connectivity index (χ1) is 11.6. The van der Waals surface area contributed by atoms with E-state index in [0.29, 0.717) is 11.0 Å². The van der Waals surface area contributed by atoms with Gasteiger partial charge in [-0.1, -0.05) is 47.7 Å². The van der Waals surface area contributed by atoms with Gasteiger partial charge in [0, 0.05) is 0 Å². The van der Waals surface area contributed by atoms with Crippen molar-refractivity contribution in [3.8, 4) is 0 Å². The first-order valence-corrected chi connectivity index (χ1v) is 7.47. The van der Waals surface area contributed by atoms with E-state index in [1.165, 1.54) is 4.68 Å². The first kappa shape index (κ1) is 15.7. The van der Waals surface area contributed by atoms with Gasteiger partial charge in [-0.05, 0) is 24.6 Å². The van der Waals surface area contributed by atoms with Gasteiger partial charge in [-0.2, -0.15) is 4.68 Å². The molecule has 1 amide bonds. The Morgan fingerprint density at radius 1 is 1.12 bits per heavy atom. The van der Waals surface area contributed by atoms with Crippen LogP contribution < -0.4 is 5.32 Å². The van der Waals surface area contributed by atoms with E-state index < -0.39 is 12.1 Å². The highest BCUT2D eigenvalue weighted by Crippen LogP contribution is 2.10. The zero-order valence-corrected chi connectivity index (χ0v) is 13.0. The van der Waals surface area contributed by atoms with Gasteiger partial charge in [0.15, 0.2) is 0 Å². The van der Waals surface area contributed by atoms with Gasteiger partial charge < -0.3 is 10.1 Å². The minimum atomic E-state index is -0.793. The van der Waals surface area contributed by atoms with Crippen LogP contribution in [0.15, 0.2) is 54.6 Å². The largest absolute Gasteiger partial charge is 0.445 e. The molecule has 0 aliphatic carbocycles. The summed E-state index contributed by atoms with van der Waals surface area (Å²) in [6.07, 6.45) is -0.663. The number of para-hydroxylation sites is 1. The number of amides is 1. The summed E-state index contributed by atoms with van der Waals surface area (Å²) in [6.45, 7) is 1.71. The highest BCUT2D eigenvalue weighted by molar-refractivity contribution is 5.93. The summed E-state index contributed by atoms with van der Waals surface area (Å²) in [5.41, 5.74) is 2.08. The molecule has 0 fully saturated rings. The van der Waals surface area contributed by atoms with Crippen molar-refractivity contribution >= 4 is 23.0 Å². The number of aromatic nitrogens is 3.